The van der Waals surface area contributed by atoms with Crippen LogP contribution in [0, 0.1) is 6.92 Å². The number of hydrogen-bond acceptors (Lipinski definition) is 6. The Bertz CT molecular complexity index is 459. The van der Waals surface area contributed by atoms with Crippen molar-refractivity contribution in [2.24, 2.45) is 7.05 Å². The van der Waals surface area contributed by atoms with Crippen LogP contribution in [0.5, 0.6) is 0 Å². The van der Waals surface area contributed by atoms with E-state index in [1.165, 1.54) is 11.5 Å². The molecule has 0 aliphatic rings. The second kappa shape index (κ2) is 3.85. The van der Waals surface area contributed by atoms with E-state index in [0.717, 1.165) is 16.4 Å². The molecule has 3 N–H and O–H groups in total. The molecule has 2 aromatic heterocycles. The molecule has 0 saturated heterocycles. The lowest BCUT2D eigenvalue weighted by molar-refractivity contribution is 0.738. The van der Waals surface area contributed by atoms with Crippen molar-refractivity contribution >= 4 is 22.6 Å². The smallest absolute Gasteiger partial charge is 0.233 e. The lowest BCUT2D eigenvalue weighted by Gasteiger charge is -2.01. The molecule has 0 bridgehead atoms. The van der Waals surface area contributed by atoms with E-state index in [2.05, 4.69) is 19.8 Å². The second-order valence-electron chi connectivity index (χ2n) is 3.19. The Morgan fingerprint density at radius 3 is 2.93 bits per heavy atom. The van der Waals surface area contributed by atoms with Crippen LogP contribution in [0.3, 0.4) is 0 Å². The number of aromatic nitrogens is 4. The summed E-state index contributed by atoms with van der Waals surface area (Å²) in [4.78, 5) is 4.01. The largest absolute Gasteiger partial charge is 0.367 e. The van der Waals surface area contributed by atoms with Gasteiger partial charge in [-0.05, 0) is 6.92 Å². The summed E-state index contributed by atoms with van der Waals surface area (Å²) in [6, 6.07) is 0. The lowest BCUT2D eigenvalue weighted by Crippen LogP contribution is -2.01. The molecule has 0 unspecified atom stereocenters. The fraction of sp³-hybridized carbons (Fsp3) is 0.375. The highest BCUT2D eigenvalue weighted by molar-refractivity contribution is 7.09. The normalized spacial score (nSPS) is 10.5. The van der Waals surface area contributed by atoms with Crippen LogP contribution < -0.4 is 11.1 Å². The van der Waals surface area contributed by atoms with E-state index in [4.69, 9.17) is 5.73 Å². The molecule has 0 radical (unpaired) electrons. The Morgan fingerprint density at radius 1 is 1.60 bits per heavy atom. The molecule has 80 valence electrons. The first-order valence-corrected chi connectivity index (χ1v) is 5.24. The summed E-state index contributed by atoms with van der Waals surface area (Å²) in [7, 11) is 1.92. The summed E-state index contributed by atoms with van der Waals surface area (Å²) in [5.41, 5.74) is 7.70. The summed E-state index contributed by atoms with van der Waals surface area (Å²) >= 11 is 1.26. The number of nitrogens with zero attached hydrogens (tertiary/aromatic N) is 4. The van der Waals surface area contributed by atoms with Crippen LogP contribution in [0.4, 0.5) is 11.1 Å². The van der Waals surface area contributed by atoms with Crippen molar-refractivity contribution in [1.82, 2.24) is 19.1 Å². The van der Waals surface area contributed by atoms with E-state index in [1.807, 2.05) is 24.9 Å². The van der Waals surface area contributed by atoms with Crippen LogP contribution in [0.1, 0.15) is 11.3 Å². The molecule has 6 nitrogen and oxygen atoms in total. The van der Waals surface area contributed by atoms with Gasteiger partial charge in [-0.2, -0.15) is 14.5 Å². The van der Waals surface area contributed by atoms with Crippen LogP contribution in [0.15, 0.2) is 6.20 Å². The van der Waals surface area contributed by atoms with Crippen LogP contribution in [-0.4, -0.2) is 19.1 Å². The first-order chi connectivity index (χ1) is 7.16. The first kappa shape index (κ1) is 9.91. The molecular weight excluding hydrogens is 212 g/mol. The van der Waals surface area contributed by atoms with Gasteiger partial charge in [0.25, 0.3) is 0 Å². The van der Waals surface area contributed by atoms with E-state index in [9.17, 15) is 0 Å². The van der Waals surface area contributed by atoms with Gasteiger partial charge in [0, 0.05) is 36.4 Å². The third-order valence-electron chi connectivity index (χ3n) is 2.21. The van der Waals surface area contributed by atoms with Crippen molar-refractivity contribution in [2.45, 2.75) is 13.5 Å². The van der Waals surface area contributed by atoms with Gasteiger partial charge >= 0.3 is 0 Å². The van der Waals surface area contributed by atoms with Crippen molar-refractivity contribution < 1.29 is 0 Å². The SMILES string of the molecule is Cc1c(CNc2nc(N)ns2)cnn1C. The highest BCUT2D eigenvalue weighted by Crippen LogP contribution is 2.14. The summed E-state index contributed by atoms with van der Waals surface area (Å²) < 4.78 is 5.72. The van der Waals surface area contributed by atoms with Gasteiger partial charge in [0.15, 0.2) is 0 Å². The van der Waals surface area contributed by atoms with Crippen molar-refractivity contribution in [2.75, 3.05) is 11.1 Å². The zero-order chi connectivity index (χ0) is 10.8. The van der Waals surface area contributed by atoms with E-state index in [1.54, 1.807) is 0 Å². The summed E-state index contributed by atoms with van der Waals surface area (Å²) in [5, 5.41) is 8.03. The van der Waals surface area contributed by atoms with Crippen LogP contribution in [0.2, 0.25) is 0 Å². The predicted molar refractivity (Wildman–Crippen MR) is 59.6 cm³/mol. The van der Waals surface area contributed by atoms with Crippen molar-refractivity contribution in [1.29, 1.82) is 0 Å². The molecule has 2 heterocycles. The summed E-state index contributed by atoms with van der Waals surface area (Å²) in [5.74, 6) is 0.311. The van der Waals surface area contributed by atoms with Gasteiger partial charge in [-0.25, -0.2) is 0 Å². The van der Waals surface area contributed by atoms with Crippen molar-refractivity contribution in [3.05, 3.63) is 17.5 Å². The topological polar surface area (TPSA) is 81.7 Å². The maximum absolute atomic E-state index is 5.41. The third kappa shape index (κ3) is 2.07. The highest BCUT2D eigenvalue weighted by atomic mass is 32.1. The molecule has 0 fully saturated rings. The molecule has 0 aromatic carbocycles. The van der Waals surface area contributed by atoms with Crippen molar-refractivity contribution in [3.8, 4) is 0 Å². The monoisotopic (exact) mass is 224 g/mol. The molecule has 0 aliphatic carbocycles. The second-order valence-corrected chi connectivity index (χ2v) is 3.94. The number of aryl methyl sites for hydroxylation is 1. The maximum Gasteiger partial charge on any atom is 0.233 e. The standard InChI is InChI=1S/C8H12N6S/c1-5-6(4-11-14(5)2)3-10-8-12-7(9)13-15-8/h4H,3H2,1-2H3,(H3,9,10,12,13). The summed E-state index contributed by atoms with van der Waals surface area (Å²) in [6.07, 6.45) is 1.84. The van der Waals surface area contributed by atoms with E-state index in [-0.39, 0.29) is 0 Å². The van der Waals surface area contributed by atoms with Crippen molar-refractivity contribution in [3.63, 3.8) is 0 Å². The highest BCUT2D eigenvalue weighted by Gasteiger charge is 2.04. The van der Waals surface area contributed by atoms with E-state index < -0.39 is 0 Å². The zero-order valence-electron chi connectivity index (χ0n) is 8.56. The van der Waals surface area contributed by atoms with Crippen LogP contribution >= 0.6 is 11.5 Å². The third-order valence-corrected chi connectivity index (χ3v) is 2.90. The summed E-state index contributed by atoms with van der Waals surface area (Å²) in [6.45, 7) is 2.72. The van der Waals surface area contributed by atoms with Gasteiger partial charge in [0.2, 0.25) is 11.1 Å². The number of nitrogens with one attached hydrogen (secondary N) is 1. The minimum absolute atomic E-state index is 0.311. The fourth-order valence-electron chi connectivity index (χ4n) is 1.20. The Morgan fingerprint density at radius 2 is 2.40 bits per heavy atom. The fourth-order valence-corrected chi connectivity index (χ4v) is 1.69. The van der Waals surface area contributed by atoms with Gasteiger partial charge < -0.3 is 11.1 Å². The molecule has 0 amide bonds. The predicted octanol–water partition coefficient (Wildman–Crippen LogP) is 0.774. The van der Waals surface area contributed by atoms with Crippen LogP contribution in [0.25, 0.3) is 0 Å². The van der Waals surface area contributed by atoms with Gasteiger partial charge in [0.05, 0.1) is 6.20 Å². The van der Waals surface area contributed by atoms with E-state index >= 15 is 0 Å². The molecular formula is C8H12N6S. The number of rotatable bonds is 3. The molecule has 0 atom stereocenters. The first-order valence-electron chi connectivity index (χ1n) is 4.47. The zero-order valence-corrected chi connectivity index (χ0v) is 9.38. The Balaban J connectivity index is 2.02. The van der Waals surface area contributed by atoms with Gasteiger partial charge in [0.1, 0.15) is 0 Å². The molecule has 7 heteroatoms. The minimum atomic E-state index is 0.311. The van der Waals surface area contributed by atoms with Gasteiger partial charge in [-0.1, -0.05) is 0 Å². The number of anilines is 2. The molecule has 2 aromatic rings. The molecule has 0 aliphatic heterocycles. The Kier molecular flexibility index (Phi) is 2.55. The molecule has 0 spiro atoms. The lowest BCUT2D eigenvalue weighted by atomic mass is 10.2. The average Bonchev–Trinajstić information content (AvgIpc) is 2.74. The Labute approximate surface area is 91.3 Å². The minimum Gasteiger partial charge on any atom is -0.367 e. The van der Waals surface area contributed by atoms with Gasteiger partial charge in [-0.3, -0.25) is 4.68 Å². The van der Waals surface area contributed by atoms with Crippen LogP contribution in [-0.2, 0) is 13.6 Å². The quantitative estimate of drug-likeness (QED) is 0.805. The molecule has 0 saturated carbocycles. The maximum atomic E-state index is 5.41. The van der Waals surface area contributed by atoms with E-state index in [0.29, 0.717) is 12.5 Å². The number of nitrogen functional groups attached to an aromatic ring is 1. The number of nitrogens with two attached hydrogens (primary N) is 1. The van der Waals surface area contributed by atoms with Gasteiger partial charge in [-0.15, -0.1) is 0 Å². The molecule has 2 rings (SSSR count). The average molecular weight is 224 g/mol. The Hall–Kier alpha value is -1.63. The number of hydrogen-bond donors (Lipinski definition) is 2. The molecule has 15 heavy (non-hydrogen) atoms.